The van der Waals surface area contributed by atoms with Gasteiger partial charge in [0.15, 0.2) is 0 Å². The van der Waals surface area contributed by atoms with E-state index in [1.807, 2.05) is 44.4 Å². The van der Waals surface area contributed by atoms with E-state index in [0.717, 1.165) is 16.8 Å². The molecule has 3 rings (SSSR count). The second-order valence-electron chi connectivity index (χ2n) is 4.84. The van der Waals surface area contributed by atoms with E-state index in [0.29, 0.717) is 10.6 Å². The summed E-state index contributed by atoms with van der Waals surface area (Å²) in [7, 11) is -3.79. The maximum absolute atomic E-state index is 12.4. The highest BCUT2D eigenvalue weighted by Gasteiger charge is 2.23. The molecule has 1 aromatic carbocycles. The summed E-state index contributed by atoms with van der Waals surface area (Å²) in [5.74, 6) is 0. The third kappa shape index (κ3) is 2.40. The number of thiazole rings is 1. The van der Waals surface area contributed by atoms with Gasteiger partial charge in [0.05, 0.1) is 11.4 Å². The van der Waals surface area contributed by atoms with Crippen LogP contribution in [-0.2, 0) is 10.0 Å². The molecular weight excluding hydrogens is 308 g/mol. The lowest BCUT2D eigenvalue weighted by atomic mass is 10.1. The number of rotatable bonds is 3. The third-order valence-corrected chi connectivity index (χ3v) is 5.25. The maximum atomic E-state index is 12.4. The minimum atomic E-state index is -3.79. The van der Waals surface area contributed by atoms with Crippen molar-refractivity contribution >= 4 is 32.0 Å². The number of hydrogen-bond donors (Lipinski definition) is 1. The van der Waals surface area contributed by atoms with Crippen molar-refractivity contribution in [2.75, 3.05) is 4.72 Å². The lowest BCUT2D eigenvalue weighted by molar-refractivity contribution is 0.592. The average molecular weight is 322 g/mol. The number of para-hydroxylation sites is 1. The third-order valence-electron chi connectivity index (χ3n) is 3.18. The van der Waals surface area contributed by atoms with Crippen LogP contribution in [0, 0.1) is 20.8 Å². The van der Waals surface area contributed by atoms with E-state index >= 15 is 0 Å². The highest BCUT2D eigenvalue weighted by atomic mass is 32.2. The molecule has 0 aliphatic carbocycles. The van der Waals surface area contributed by atoms with Crippen LogP contribution in [0.25, 0.3) is 4.96 Å². The molecule has 0 unspecified atom stereocenters. The minimum absolute atomic E-state index is 0.208. The molecule has 0 aliphatic heterocycles. The predicted molar refractivity (Wildman–Crippen MR) is 82.3 cm³/mol. The van der Waals surface area contributed by atoms with Crippen molar-refractivity contribution in [3.8, 4) is 0 Å². The van der Waals surface area contributed by atoms with E-state index < -0.39 is 10.0 Å². The van der Waals surface area contributed by atoms with Crippen LogP contribution in [0.1, 0.15) is 16.8 Å². The Morgan fingerprint density at radius 3 is 2.48 bits per heavy atom. The molecule has 0 atom stereocenters. The van der Waals surface area contributed by atoms with E-state index in [9.17, 15) is 8.42 Å². The fourth-order valence-electron chi connectivity index (χ4n) is 2.04. The predicted octanol–water partition coefficient (Wildman–Crippen LogP) is 2.52. The largest absolute Gasteiger partial charge is 0.299 e. The van der Waals surface area contributed by atoms with Crippen molar-refractivity contribution in [3.63, 3.8) is 0 Å². The number of anilines is 1. The summed E-state index contributed by atoms with van der Waals surface area (Å²) in [5.41, 5.74) is 3.15. The van der Waals surface area contributed by atoms with E-state index in [1.54, 1.807) is 0 Å². The number of nitrogens with zero attached hydrogens (tertiary/aromatic N) is 3. The van der Waals surface area contributed by atoms with Gasteiger partial charge in [-0.25, -0.2) is 4.52 Å². The Balaban J connectivity index is 2.04. The van der Waals surface area contributed by atoms with Gasteiger partial charge in [-0.1, -0.05) is 18.2 Å². The molecule has 0 amide bonds. The Labute approximate surface area is 126 Å². The Morgan fingerprint density at radius 1 is 1.19 bits per heavy atom. The first-order valence-electron chi connectivity index (χ1n) is 6.28. The van der Waals surface area contributed by atoms with Crippen LogP contribution < -0.4 is 4.72 Å². The molecule has 1 N–H and O–H groups in total. The van der Waals surface area contributed by atoms with Crippen LogP contribution in [0.2, 0.25) is 0 Å². The highest BCUT2D eigenvalue weighted by Crippen LogP contribution is 2.23. The summed E-state index contributed by atoms with van der Waals surface area (Å²) in [6.07, 6.45) is 0. The van der Waals surface area contributed by atoms with Gasteiger partial charge in [-0.2, -0.15) is 13.4 Å². The Morgan fingerprint density at radius 2 is 1.86 bits per heavy atom. The van der Waals surface area contributed by atoms with E-state index in [2.05, 4.69) is 14.8 Å². The van der Waals surface area contributed by atoms with Gasteiger partial charge in [-0.05, 0) is 31.9 Å². The van der Waals surface area contributed by atoms with E-state index in [1.165, 1.54) is 15.9 Å². The number of hydrogen-bond acceptors (Lipinski definition) is 5. The average Bonchev–Trinajstić information content (AvgIpc) is 2.98. The zero-order chi connectivity index (χ0) is 15.2. The summed E-state index contributed by atoms with van der Waals surface area (Å²) < 4.78 is 29.0. The first-order valence-corrected chi connectivity index (χ1v) is 8.64. The van der Waals surface area contributed by atoms with Crippen LogP contribution in [0.5, 0.6) is 0 Å². The number of sulfonamides is 1. The van der Waals surface area contributed by atoms with Crippen LogP contribution in [0.3, 0.4) is 0 Å². The lowest BCUT2D eigenvalue weighted by Crippen LogP contribution is -2.16. The lowest BCUT2D eigenvalue weighted by Gasteiger charge is -2.10. The van der Waals surface area contributed by atoms with E-state index in [4.69, 9.17) is 0 Å². The Bertz CT molecular complexity index is 905. The molecule has 8 heteroatoms. The number of nitrogens with one attached hydrogen (secondary N) is 1. The SMILES string of the molecule is Cc1cccc(C)c1NS(=O)(=O)c1nc2scc(C)n2n1. The van der Waals surface area contributed by atoms with Crippen LogP contribution in [0.4, 0.5) is 5.69 Å². The smallest absolute Gasteiger partial charge is 0.276 e. The first-order chi connectivity index (χ1) is 9.88. The van der Waals surface area contributed by atoms with Gasteiger partial charge in [0.2, 0.25) is 4.96 Å². The fraction of sp³-hybridized carbons (Fsp3) is 0.231. The molecule has 0 saturated heterocycles. The monoisotopic (exact) mass is 322 g/mol. The quantitative estimate of drug-likeness (QED) is 0.804. The summed E-state index contributed by atoms with van der Waals surface area (Å²) in [6.45, 7) is 5.57. The molecule has 3 aromatic rings. The molecule has 6 nitrogen and oxygen atoms in total. The minimum Gasteiger partial charge on any atom is -0.276 e. The molecule has 0 aliphatic rings. The van der Waals surface area contributed by atoms with Crippen molar-refractivity contribution in [1.29, 1.82) is 0 Å². The van der Waals surface area contributed by atoms with Gasteiger partial charge >= 0.3 is 0 Å². The zero-order valence-corrected chi connectivity index (χ0v) is 13.4. The summed E-state index contributed by atoms with van der Waals surface area (Å²) in [4.78, 5) is 4.64. The molecule has 2 aromatic heterocycles. The van der Waals surface area contributed by atoms with Gasteiger partial charge in [0.25, 0.3) is 15.2 Å². The van der Waals surface area contributed by atoms with Gasteiger partial charge in [0, 0.05) is 5.38 Å². The number of fused-ring (bicyclic) bond motifs is 1. The number of aromatic nitrogens is 3. The summed E-state index contributed by atoms with van der Waals surface area (Å²) in [6, 6.07) is 5.60. The molecule has 110 valence electrons. The standard InChI is InChI=1S/C13H14N4O2S2/c1-8-5-4-6-9(2)11(8)16-21(18,19)12-14-13-17(15-12)10(3)7-20-13/h4-7,16H,1-3H3. The second kappa shape index (κ2) is 4.81. The van der Waals surface area contributed by atoms with Gasteiger partial charge in [-0.15, -0.1) is 16.4 Å². The second-order valence-corrected chi connectivity index (χ2v) is 7.25. The van der Waals surface area contributed by atoms with Crippen molar-refractivity contribution in [3.05, 3.63) is 40.4 Å². The van der Waals surface area contributed by atoms with E-state index in [-0.39, 0.29) is 5.16 Å². The molecule has 0 fully saturated rings. The van der Waals surface area contributed by atoms with Crippen molar-refractivity contribution in [2.45, 2.75) is 25.9 Å². The molecule has 0 saturated carbocycles. The molecule has 2 heterocycles. The normalized spacial score (nSPS) is 12.0. The number of aryl methyl sites for hydroxylation is 3. The zero-order valence-electron chi connectivity index (χ0n) is 11.8. The van der Waals surface area contributed by atoms with Crippen molar-refractivity contribution in [1.82, 2.24) is 14.6 Å². The van der Waals surface area contributed by atoms with Gasteiger partial charge in [0.1, 0.15) is 0 Å². The fourth-order valence-corrected chi connectivity index (χ4v) is 3.98. The maximum Gasteiger partial charge on any atom is 0.299 e. The molecule has 0 radical (unpaired) electrons. The van der Waals surface area contributed by atoms with Gasteiger partial charge in [-0.3, -0.25) is 4.72 Å². The highest BCUT2D eigenvalue weighted by molar-refractivity contribution is 7.92. The van der Waals surface area contributed by atoms with Crippen LogP contribution >= 0.6 is 11.3 Å². The first kappa shape index (κ1) is 14.0. The molecular formula is C13H14N4O2S2. The molecule has 0 spiro atoms. The molecule has 0 bridgehead atoms. The van der Waals surface area contributed by atoms with Crippen molar-refractivity contribution in [2.24, 2.45) is 0 Å². The molecule has 21 heavy (non-hydrogen) atoms. The Kier molecular flexibility index (Phi) is 3.22. The summed E-state index contributed by atoms with van der Waals surface area (Å²) >= 11 is 1.36. The summed E-state index contributed by atoms with van der Waals surface area (Å²) in [5, 5.41) is 5.74. The van der Waals surface area contributed by atoms with Crippen LogP contribution in [-0.4, -0.2) is 23.0 Å². The number of benzene rings is 1. The van der Waals surface area contributed by atoms with Crippen molar-refractivity contribution < 1.29 is 8.42 Å². The van der Waals surface area contributed by atoms with Crippen LogP contribution in [0.15, 0.2) is 28.7 Å². The topological polar surface area (TPSA) is 76.4 Å². The Hall–Kier alpha value is -1.93. The van der Waals surface area contributed by atoms with Gasteiger partial charge < -0.3 is 0 Å².